The topological polar surface area (TPSA) is 51.2 Å². The Morgan fingerprint density at radius 2 is 1.48 bits per heavy atom. The first-order valence-electron chi connectivity index (χ1n) is 10.2. The highest BCUT2D eigenvalue weighted by Gasteiger charge is 2.14. The molecule has 1 unspecified atom stereocenters. The number of hydrogen-bond acceptors (Lipinski definition) is 5. The number of likely N-dealkylation sites (tertiary alicyclic amines) is 1. The molecule has 1 N–H and O–H groups in total. The number of ether oxygens (including phenoxy) is 3. The van der Waals surface area contributed by atoms with Gasteiger partial charge < -0.3 is 24.2 Å². The smallest absolute Gasteiger partial charge is 0.123 e. The van der Waals surface area contributed by atoms with Crippen LogP contribution in [0.4, 0.5) is 0 Å². The molecule has 1 fully saturated rings. The van der Waals surface area contributed by atoms with Gasteiger partial charge in [0.1, 0.15) is 30.0 Å². The van der Waals surface area contributed by atoms with Gasteiger partial charge in [0.05, 0.1) is 14.2 Å². The minimum Gasteiger partial charge on any atom is -0.497 e. The van der Waals surface area contributed by atoms with E-state index in [2.05, 4.69) is 4.90 Å². The third-order valence-corrected chi connectivity index (χ3v) is 5.08. The van der Waals surface area contributed by atoms with Gasteiger partial charge in [-0.15, -0.1) is 0 Å². The third kappa shape index (κ3) is 6.80. The standard InChI is InChI=1S/C24H31NO4/c1-27-23-14-20(15-24(16-23)28-2)7-6-19-8-10-22(11-9-19)29-18-21(26)17-25-12-4-3-5-13-25/h6-11,14-16,21,26H,3-5,12-13,17-18H2,1-2H3/b7-6+. The second kappa shape index (κ2) is 10.9. The van der Waals surface area contributed by atoms with Gasteiger partial charge in [0.25, 0.3) is 0 Å². The highest BCUT2D eigenvalue weighted by atomic mass is 16.5. The molecule has 0 bridgehead atoms. The zero-order valence-electron chi connectivity index (χ0n) is 17.3. The largest absolute Gasteiger partial charge is 0.497 e. The Balaban J connectivity index is 1.51. The Morgan fingerprint density at radius 3 is 2.10 bits per heavy atom. The minimum absolute atomic E-state index is 0.315. The summed E-state index contributed by atoms with van der Waals surface area (Å²) in [6.07, 6.45) is 7.34. The van der Waals surface area contributed by atoms with Crippen LogP contribution in [0, 0.1) is 0 Å². The fourth-order valence-electron chi connectivity index (χ4n) is 3.48. The van der Waals surface area contributed by atoms with Gasteiger partial charge in [-0.25, -0.2) is 0 Å². The maximum Gasteiger partial charge on any atom is 0.123 e. The molecule has 1 heterocycles. The predicted molar refractivity (Wildman–Crippen MR) is 117 cm³/mol. The molecule has 1 aliphatic rings. The summed E-state index contributed by atoms with van der Waals surface area (Å²) in [5, 5.41) is 10.2. The van der Waals surface area contributed by atoms with Gasteiger partial charge in [-0.3, -0.25) is 0 Å². The number of methoxy groups -OCH3 is 2. The molecule has 5 nitrogen and oxygen atoms in total. The quantitative estimate of drug-likeness (QED) is 0.646. The number of rotatable bonds is 9. The lowest BCUT2D eigenvalue weighted by atomic mass is 10.1. The summed E-state index contributed by atoms with van der Waals surface area (Å²) in [4.78, 5) is 2.32. The first-order valence-corrected chi connectivity index (χ1v) is 10.2. The van der Waals surface area contributed by atoms with Gasteiger partial charge in [-0.05, 0) is 61.3 Å². The number of benzene rings is 2. The normalized spacial score (nSPS) is 16.0. The van der Waals surface area contributed by atoms with Crippen molar-refractivity contribution in [2.24, 2.45) is 0 Å². The van der Waals surface area contributed by atoms with Crippen LogP contribution in [-0.2, 0) is 0 Å². The second-order valence-corrected chi connectivity index (χ2v) is 7.37. The van der Waals surface area contributed by atoms with Crippen LogP contribution >= 0.6 is 0 Å². The van der Waals surface area contributed by atoms with E-state index in [9.17, 15) is 5.11 Å². The molecule has 3 rings (SSSR count). The average Bonchev–Trinajstić information content (AvgIpc) is 2.77. The number of aliphatic hydroxyl groups excluding tert-OH is 1. The Kier molecular flexibility index (Phi) is 7.96. The van der Waals surface area contributed by atoms with Gasteiger partial charge in [0.2, 0.25) is 0 Å². The summed E-state index contributed by atoms with van der Waals surface area (Å²) in [5.41, 5.74) is 2.07. The maximum atomic E-state index is 10.2. The summed E-state index contributed by atoms with van der Waals surface area (Å²) in [6.45, 7) is 3.16. The van der Waals surface area contributed by atoms with Crippen LogP contribution in [0.1, 0.15) is 30.4 Å². The molecule has 0 aromatic heterocycles. The maximum absolute atomic E-state index is 10.2. The van der Waals surface area contributed by atoms with Gasteiger partial charge in [-0.1, -0.05) is 30.7 Å². The zero-order valence-corrected chi connectivity index (χ0v) is 17.3. The van der Waals surface area contributed by atoms with E-state index in [-0.39, 0.29) is 0 Å². The highest BCUT2D eigenvalue weighted by Crippen LogP contribution is 2.24. The molecule has 1 atom stereocenters. The first kappa shape index (κ1) is 21.2. The minimum atomic E-state index is -0.462. The molecule has 0 amide bonds. The summed E-state index contributed by atoms with van der Waals surface area (Å²) in [5.74, 6) is 2.29. The van der Waals surface area contributed by atoms with Crippen LogP contribution in [0.2, 0.25) is 0 Å². The van der Waals surface area contributed by atoms with Crippen molar-refractivity contribution in [2.75, 3.05) is 40.5 Å². The fraction of sp³-hybridized carbons (Fsp3) is 0.417. The van der Waals surface area contributed by atoms with Crippen LogP contribution in [0.5, 0.6) is 17.2 Å². The molecule has 0 saturated carbocycles. The van der Waals surface area contributed by atoms with Crippen LogP contribution in [0.25, 0.3) is 12.2 Å². The molecule has 2 aromatic carbocycles. The number of β-amino-alcohol motifs (C(OH)–C–C–N with tert-alkyl or cyclic N) is 1. The molecule has 0 aliphatic carbocycles. The van der Waals surface area contributed by atoms with E-state index in [1.54, 1.807) is 14.2 Å². The van der Waals surface area contributed by atoms with Gasteiger partial charge in [0.15, 0.2) is 0 Å². The zero-order chi connectivity index (χ0) is 20.5. The average molecular weight is 398 g/mol. The Hall–Kier alpha value is -2.50. The predicted octanol–water partition coefficient (Wildman–Crippen LogP) is 4.10. The molecule has 156 valence electrons. The van der Waals surface area contributed by atoms with Crippen LogP contribution in [0.3, 0.4) is 0 Å². The summed E-state index contributed by atoms with van der Waals surface area (Å²) in [6, 6.07) is 13.6. The van der Waals surface area contributed by atoms with Crippen LogP contribution in [0.15, 0.2) is 42.5 Å². The third-order valence-electron chi connectivity index (χ3n) is 5.08. The fourth-order valence-corrected chi connectivity index (χ4v) is 3.48. The summed E-state index contributed by atoms with van der Waals surface area (Å²) < 4.78 is 16.4. The lowest BCUT2D eigenvalue weighted by molar-refractivity contribution is 0.0617. The van der Waals surface area contributed by atoms with Crippen molar-refractivity contribution in [1.29, 1.82) is 0 Å². The van der Waals surface area contributed by atoms with Gasteiger partial charge in [0, 0.05) is 12.6 Å². The van der Waals surface area contributed by atoms with Crippen molar-refractivity contribution >= 4 is 12.2 Å². The van der Waals surface area contributed by atoms with Crippen molar-refractivity contribution in [3.8, 4) is 17.2 Å². The number of piperidine rings is 1. The SMILES string of the molecule is COc1cc(/C=C/c2ccc(OCC(O)CN3CCCCC3)cc2)cc(OC)c1. The number of hydrogen-bond donors (Lipinski definition) is 1. The molecule has 1 aliphatic heterocycles. The Bertz CT molecular complexity index is 760. The first-order chi connectivity index (χ1) is 14.2. The molecule has 2 aromatic rings. The number of aliphatic hydroxyl groups is 1. The van der Waals surface area contributed by atoms with E-state index in [1.807, 2.05) is 54.6 Å². The monoisotopic (exact) mass is 397 g/mol. The Labute approximate surface area is 173 Å². The molecular formula is C24H31NO4. The van der Waals surface area contributed by atoms with Crippen molar-refractivity contribution < 1.29 is 19.3 Å². The second-order valence-electron chi connectivity index (χ2n) is 7.37. The summed E-state index contributed by atoms with van der Waals surface area (Å²) in [7, 11) is 3.29. The molecule has 1 saturated heterocycles. The lowest BCUT2D eigenvalue weighted by Crippen LogP contribution is -2.38. The molecule has 5 heteroatoms. The highest BCUT2D eigenvalue weighted by molar-refractivity contribution is 5.71. The molecular weight excluding hydrogens is 366 g/mol. The van der Waals surface area contributed by atoms with Gasteiger partial charge >= 0.3 is 0 Å². The molecule has 0 spiro atoms. The lowest BCUT2D eigenvalue weighted by Gasteiger charge is -2.28. The van der Waals surface area contributed by atoms with E-state index in [1.165, 1.54) is 19.3 Å². The van der Waals surface area contributed by atoms with Crippen LogP contribution in [-0.4, -0.2) is 56.6 Å². The molecule has 0 radical (unpaired) electrons. The van der Waals surface area contributed by atoms with E-state index in [4.69, 9.17) is 14.2 Å². The van der Waals surface area contributed by atoms with Gasteiger partial charge in [-0.2, -0.15) is 0 Å². The number of nitrogens with zero attached hydrogens (tertiary/aromatic N) is 1. The van der Waals surface area contributed by atoms with Crippen molar-refractivity contribution in [2.45, 2.75) is 25.4 Å². The molecule has 29 heavy (non-hydrogen) atoms. The van der Waals surface area contributed by atoms with E-state index < -0.39 is 6.10 Å². The van der Waals surface area contributed by atoms with Crippen molar-refractivity contribution in [3.05, 3.63) is 53.6 Å². The van der Waals surface area contributed by atoms with E-state index in [0.29, 0.717) is 13.2 Å². The van der Waals surface area contributed by atoms with Crippen molar-refractivity contribution in [1.82, 2.24) is 4.90 Å². The Morgan fingerprint density at radius 1 is 0.862 bits per heavy atom. The van der Waals surface area contributed by atoms with E-state index >= 15 is 0 Å². The van der Waals surface area contributed by atoms with E-state index in [0.717, 1.165) is 41.5 Å². The van der Waals surface area contributed by atoms with Crippen LogP contribution < -0.4 is 14.2 Å². The summed E-state index contributed by atoms with van der Waals surface area (Å²) >= 11 is 0. The van der Waals surface area contributed by atoms with Crippen molar-refractivity contribution in [3.63, 3.8) is 0 Å².